The van der Waals surface area contributed by atoms with Crippen molar-refractivity contribution < 1.29 is 9.53 Å². The van der Waals surface area contributed by atoms with Crippen molar-refractivity contribution in [1.29, 1.82) is 0 Å². The molecule has 3 nitrogen and oxygen atoms in total. The summed E-state index contributed by atoms with van der Waals surface area (Å²) in [6, 6.07) is 2.95. The number of rotatable bonds is 3. The fourth-order valence-corrected chi connectivity index (χ4v) is 1.48. The summed E-state index contributed by atoms with van der Waals surface area (Å²) in [7, 11) is 0. The van der Waals surface area contributed by atoms with E-state index >= 15 is 0 Å². The third-order valence-corrected chi connectivity index (χ3v) is 2.54. The number of hydrogen-bond donors (Lipinski definition) is 0. The molecule has 0 atom stereocenters. The van der Waals surface area contributed by atoms with Crippen LogP contribution in [0.25, 0.3) is 4.85 Å². The van der Waals surface area contributed by atoms with E-state index in [0.29, 0.717) is 12.4 Å². The van der Waals surface area contributed by atoms with Crippen LogP contribution in [0.1, 0.15) is 17.3 Å². The predicted octanol–water partition coefficient (Wildman–Crippen LogP) is 3.45. The average Bonchev–Trinajstić information content (AvgIpc) is 2.24. The van der Waals surface area contributed by atoms with Crippen molar-refractivity contribution in [2.75, 3.05) is 6.61 Å². The van der Waals surface area contributed by atoms with Crippen LogP contribution in [0.2, 0.25) is 10.0 Å². The third kappa shape index (κ3) is 2.41. The first-order chi connectivity index (χ1) is 7.11. The molecule has 78 valence electrons. The second-order valence-electron chi connectivity index (χ2n) is 2.59. The fourth-order valence-electron chi connectivity index (χ4n) is 1.02. The van der Waals surface area contributed by atoms with Crippen LogP contribution in [0, 0.1) is 6.57 Å². The molecule has 0 bridgehead atoms. The molecule has 0 aliphatic carbocycles. The molecule has 1 aromatic rings. The smallest absolute Gasteiger partial charge is 0.387 e. The predicted molar refractivity (Wildman–Crippen MR) is 58.6 cm³/mol. The Balaban J connectivity index is 3.22. The zero-order valence-electron chi connectivity index (χ0n) is 7.88. The van der Waals surface area contributed by atoms with E-state index in [9.17, 15) is 4.79 Å². The Morgan fingerprint density at radius 2 is 2.13 bits per heavy atom. The molecule has 0 aliphatic rings. The molecular weight excluding hydrogens is 237 g/mol. The Morgan fingerprint density at radius 1 is 1.47 bits per heavy atom. The SMILES string of the molecule is [C-]#[N+]C(=O)c1ccc(OCC)c(Cl)c1Cl. The Morgan fingerprint density at radius 3 is 2.67 bits per heavy atom. The topological polar surface area (TPSA) is 30.7 Å². The number of benzene rings is 1. The van der Waals surface area contributed by atoms with E-state index in [1.165, 1.54) is 12.1 Å². The molecule has 0 aliphatic heterocycles. The first kappa shape index (κ1) is 11.8. The van der Waals surface area contributed by atoms with E-state index in [4.69, 9.17) is 34.5 Å². The van der Waals surface area contributed by atoms with Crippen LogP contribution in [0.3, 0.4) is 0 Å². The molecule has 0 unspecified atom stereocenters. The van der Waals surface area contributed by atoms with Crippen LogP contribution in [-0.4, -0.2) is 12.5 Å². The molecule has 1 aromatic carbocycles. The van der Waals surface area contributed by atoms with Crippen molar-refractivity contribution in [3.05, 3.63) is 39.2 Å². The first-order valence-electron chi connectivity index (χ1n) is 4.14. The van der Waals surface area contributed by atoms with Crippen LogP contribution in [0.15, 0.2) is 12.1 Å². The lowest BCUT2D eigenvalue weighted by molar-refractivity contribution is 0.104. The van der Waals surface area contributed by atoms with Gasteiger partial charge in [0, 0.05) is 5.56 Å². The van der Waals surface area contributed by atoms with Gasteiger partial charge in [0.15, 0.2) is 0 Å². The summed E-state index contributed by atoms with van der Waals surface area (Å²) in [5.41, 5.74) is 0.0973. The lowest BCUT2D eigenvalue weighted by atomic mass is 10.2. The minimum absolute atomic E-state index is 0.0589. The molecule has 5 heteroatoms. The van der Waals surface area contributed by atoms with Crippen LogP contribution in [0.5, 0.6) is 5.75 Å². The van der Waals surface area contributed by atoms with Gasteiger partial charge in [0.2, 0.25) is 0 Å². The summed E-state index contributed by atoms with van der Waals surface area (Å²) in [5, 5.41) is 0.219. The summed E-state index contributed by atoms with van der Waals surface area (Å²) in [4.78, 5) is 13.9. The molecule has 0 saturated heterocycles. The second-order valence-corrected chi connectivity index (χ2v) is 3.35. The van der Waals surface area contributed by atoms with Gasteiger partial charge in [-0.25, -0.2) is 0 Å². The number of nitrogens with zero attached hydrogens (tertiary/aromatic N) is 1. The zero-order chi connectivity index (χ0) is 11.4. The van der Waals surface area contributed by atoms with E-state index in [1.54, 1.807) is 0 Å². The van der Waals surface area contributed by atoms with Crippen molar-refractivity contribution in [3.8, 4) is 5.75 Å². The van der Waals surface area contributed by atoms with Gasteiger partial charge < -0.3 is 9.53 Å². The highest BCUT2D eigenvalue weighted by molar-refractivity contribution is 6.45. The lowest BCUT2D eigenvalue weighted by Crippen LogP contribution is -1.97. The molecule has 0 N–H and O–H groups in total. The van der Waals surface area contributed by atoms with Crippen molar-refractivity contribution >= 4 is 29.1 Å². The van der Waals surface area contributed by atoms with Gasteiger partial charge in [-0.2, -0.15) is 4.85 Å². The summed E-state index contributed by atoms with van der Waals surface area (Å²) < 4.78 is 5.18. The van der Waals surface area contributed by atoms with Gasteiger partial charge >= 0.3 is 5.91 Å². The Kier molecular flexibility index (Phi) is 3.96. The van der Waals surface area contributed by atoms with E-state index in [2.05, 4.69) is 4.85 Å². The Hall–Kier alpha value is -1.24. The maximum Gasteiger partial charge on any atom is 0.387 e. The Bertz CT molecular complexity index is 438. The minimum atomic E-state index is -0.732. The van der Waals surface area contributed by atoms with E-state index in [1.807, 2.05) is 6.92 Å². The van der Waals surface area contributed by atoms with Crippen molar-refractivity contribution in [1.82, 2.24) is 0 Å². The van der Waals surface area contributed by atoms with Gasteiger partial charge in [-0.1, -0.05) is 29.3 Å². The highest BCUT2D eigenvalue weighted by atomic mass is 35.5. The first-order valence-corrected chi connectivity index (χ1v) is 4.90. The minimum Gasteiger partial charge on any atom is -0.492 e. The molecule has 0 saturated carbocycles. The second kappa shape index (κ2) is 5.01. The number of hydrogen-bond acceptors (Lipinski definition) is 2. The van der Waals surface area contributed by atoms with E-state index in [0.717, 1.165) is 0 Å². The number of amides is 1. The maximum atomic E-state index is 11.1. The molecule has 0 aromatic heterocycles. The zero-order valence-corrected chi connectivity index (χ0v) is 9.39. The van der Waals surface area contributed by atoms with Gasteiger partial charge in [-0.15, -0.1) is 0 Å². The van der Waals surface area contributed by atoms with Crippen LogP contribution < -0.4 is 4.74 Å². The average molecular weight is 244 g/mol. The Labute approximate surface area is 97.4 Å². The van der Waals surface area contributed by atoms with E-state index < -0.39 is 5.91 Å². The van der Waals surface area contributed by atoms with Crippen LogP contribution >= 0.6 is 23.2 Å². The number of carbonyl (C=O) groups excluding carboxylic acids is 1. The maximum absolute atomic E-state index is 11.1. The monoisotopic (exact) mass is 243 g/mol. The lowest BCUT2D eigenvalue weighted by Gasteiger charge is -2.08. The molecule has 0 radical (unpaired) electrons. The number of halogens is 2. The summed E-state index contributed by atoms with van der Waals surface area (Å²) >= 11 is 11.7. The summed E-state index contributed by atoms with van der Waals surface area (Å²) in [5.74, 6) is -0.323. The van der Waals surface area contributed by atoms with E-state index in [-0.39, 0.29) is 15.6 Å². The molecule has 15 heavy (non-hydrogen) atoms. The van der Waals surface area contributed by atoms with Gasteiger partial charge in [-0.05, 0) is 13.0 Å². The third-order valence-electron chi connectivity index (χ3n) is 1.68. The molecule has 0 spiro atoms. The van der Waals surface area contributed by atoms with Gasteiger partial charge in [0.25, 0.3) is 0 Å². The van der Waals surface area contributed by atoms with Gasteiger partial charge in [0.1, 0.15) is 10.8 Å². The molecule has 1 amide bonds. The highest BCUT2D eigenvalue weighted by Gasteiger charge is 2.15. The molecule has 0 heterocycles. The standard InChI is InChI=1S/C10H7Cl2NO2/c1-3-15-7-5-4-6(10(14)13-2)8(11)9(7)12/h4-5H,3H2,1H3. The van der Waals surface area contributed by atoms with Crippen LogP contribution in [0.4, 0.5) is 0 Å². The van der Waals surface area contributed by atoms with Crippen LogP contribution in [-0.2, 0) is 0 Å². The van der Waals surface area contributed by atoms with Gasteiger partial charge in [0.05, 0.1) is 18.2 Å². The normalized spacial score (nSPS) is 9.47. The number of ether oxygens (including phenoxy) is 1. The molecule has 1 rings (SSSR count). The quantitative estimate of drug-likeness (QED) is 0.762. The van der Waals surface area contributed by atoms with Crippen molar-refractivity contribution in [3.63, 3.8) is 0 Å². The van der Waals surface area contributed by atoms with Gasteiger partial charge in [-0.3, -0.25) is 0 Å². The largest absolute Gasteiger partial charge is 0.492 e. The van der Waals surface area contributed by atoms with Crippen molar-refractivity contribution in [2.24, 2.45) is 0 Å². The number of carbonyl (C=O) groups is 1. The molecular formula is C10H7Cl2NO2. The summed E-state index contributed by atoms with van der Waals surface area (Å²) in [6.45, 7) is 8.85. The highest BCUT2D eigenvalue weighted by Crippen LogP contribution is 2.34. The van der Waals surface area contributed by atoms with Crippen molar-refractivity contribution in [2.45, 2.75) is 6.92 Å². The molecule has 0 fully saturated rings. The fraction of sp³-hybridized carbons (Fsp3) is 0.200. The summed E-state index contributed by atoms with van der Waals surface area (Å²) in [6.07, 6.45) is 0.